The van der Waals surface area contributed by atoms with Gasteiger partial charge >= 0.3 is 13.1 Å². The zero-order valence-electron chi connectivity index (χ0n) is 17.6. The van der Waals surface area contributed by atoms with Crippen LogP contribution in [0.1, 0.15) is 42.3 Å². The van der Waals surface area contributed by atoms with Gasteiger partial charge in [-0.1, -0.05) is 71.7 Å². The first-order valence-corrected chi connectivity index (χ1v) is 11.3. The van der Waals surface area contributed by atoms with E-state index >= 15 is 0 Å². The average Bonchev–Trinajstić information content (AvgIpc) is 3.15. The van der Waals surface area contributed by atoms with E-state index in [9.17, 15) is 14.4 Å². The fourth-order valence-electron chi connectivity index (χ4n) is 3.34. The van der Waals surface area contributed by atoms with Crippen LogP contribution in [0.25, 0.3) is 0 Å². The van der Waals surface area contributed by atoms with Gasteiger partial charge in [0, 0.05) is 4.47 Å². The number of benzene rings is 2. The normalized spacial score (nSPS) is 16.6. The fraction of sp³-hybridized carbons (Fsp3) is 0.318. The lowest BCUT2D eigenvalue weighted by atomic mass is 9.74. The molecule has 3 rings (SSSR count). The highest BCUT2D eigenvalue weighted by Gasteiger charge is 2.46. The highest BCUT2D eigenvalue weighted by molar-refractivity contribution is 9.10. The number of amides is 2. The van der Waals surface area contributed by atoms with E-state index in [2.05, 4.69) is 26.6 Å². The molecule has 0 bridgehead atoms. The van der Waals surface area contributed by atoms with Gasteiger partial charge in [0.25, 0.3) is 5.91 Å². The summed E-state index contributed by atoms with van der Waals surface area (Å²) < 4.78 is 12.0. The van der Waals surface area contributed by atoms with Gasteiger partial charge in [-0.2, -0.15) is 0 Å². The largest absolute Gasteiger partial charge is 0.552 e. The Morgan fingerprint density at radius 3 is 2.59 bits per heavy atom. The van der Waals surface area contributed by atoms with E-state index in [4.69, 9.17) is 20.9 Å². The molecule has 1 aliphatic rings. The number of nitrogens with one attached hydrogen (secondary N) is 2. The van der Waals surface area contributed by atoms with Gasteiger partial charge in [0.15, 0.2) is 6.10 Å². The van der Waals surface area contributed by atoms with Crippen molar-refractivity contribution in [1.29, 1.82) is 0 Å². The van der Waals surface area contributed by atoms with E-state index in [-0.39, 0.29) is 23.0 Å². The molecule has 1 saturated heterocycles. The molecule has 168 valence electrons. The van der Waals surface area contributed by atoms with Crippen LogP contribution in [0, 0.1) is 5.92 Å². The standard InChI is InChI=1S/C22H23BBrClN2O5/c1-13(2)10-18(23-31-20(22(30)32-23)14-6-4-3-5-7-14)27-19(28)12-26-21(29)16-11-15(24)8-9-17(16)25/h3-9,11,13,18,20H,10,12H2,1-2H3,(H,26,29)(H,27,28)/t18-,20?/m0/s1. The molecule has 7 nitrogen and oxygen atoms in total. The maximum atomic E-state index is 12.5. The lowest BCUT2D eigenvalue weighted by molar-refractivity contribution is -0.136. The van der Waals surface area contributed by atoms with Crippen LogP contribution in [0.4, 0.5) is 0 Å². The van der Waals surface area contributed by atoms with Crippen molar-refractivity contribution in [1.82, 2.24) is 10.6 Å². The highest BCUT2D eigenvalue weighted by atomic mass is 79.9. The van der Waals surface area contributed by atoms with E-state index in [1.54, 1.807) is 30.3 Å². The summed E-state index contributed by atoms with van der Waals surface area (Å²) in [6, 6.07) is 13.9. The Bertz CT molecular complexity index is 992. The molecule has 1 aliphatic heterocycles. The predicted octanol–water partition coefficient (Wildman–Crippen LogP) is 3.71. The van der Waals surface area contributed by atoms with Gasteiger partial charge in [-0.05, 0) is 36.1 Å². The first-order valence-electron chi connectivity index (χ1n) is 10.2. The number of hydrogen-bond acceptors (Lipinski definition) is 5. The molecule has 1 unspecified atom stereocenters. The van der Waals surface area contributed by atoms with Crippen LogP contribution in [-0.4, -0.2) is 37.4 Å². The quantitative estimate of drug-likeness (QED) is 0.517. The third-order valence-electron chi connectivity index (χ3n) is 4.80. The van der Waals surface area contributed by atoms with E-state index in [1.165, 1.54) is 0 Å². The van der Waals surface area contributed by atoms with Crippen molar-refractivity contribution in [2.75, 3.05) is 6.54 Å². The molecule has 2 aromatic rings. The van der Waals surface area contributed by atoms with Gasteiger partial charge < -0.3 is 19.9 Å². The molecule has 0 aromatic heterocycles. The molecular weight excluding hydrogens is 498 g/mol. The summed E-state index contributed by atoms with van der Waals surface area (Å²) in [7, 11) is -0.922. The molecule has 0 spiro atoms. The monoisotopic (exact) mass is 520 g/mol. The Hall–Kier alpha value is -2.36. The smallest absolute Gasteiger partial charge is 0.506 e. The molecule has 0 radical (unpaired) electrons. The topological polar surface area (TPSA) is 93.7 Å². The molecule has 2 amide bonds. The second-order valence-corrected chi connectivity index (χ2v) is 9.17. The van der Waals surface area contributed by atoms with Gasteiger partial charge in [-0.25, -0.2) is 0 Å². The number of carbonyl (C=O) groups excluding carboxylic acids is 3. The van der Waals surface area contributed by atoms with Crippen molar-refractivity contribution in [2.24, 2.45) is 5.92 Å². The van der Waals surface area contributed by atoms with Crippen LogP contribution in [0.15, 0.2) is 53.0 Å². The van der Waals surface area contributed by atoms with Crippen molar-refractivity contribution in [3.05, 3.63) is 69.2 Å². The Morgan fingerprint density at radius 2 is 1.91 bits per heavy atom. The van der Waals surface area contributed by atoms with Crippen LogP contribution in [0.3, 0.4) is 0 Å². The molecule has 2 atom stereocenters. The maximum absolute atomic E-state index is 12.5. The summed E-state index contributed by atoms with van der Waals surface area (Å²) in [5.41, 5.74) is 0.944. The second-order valence-electron chi connectivity index (χ2n) is 7.84. The third kappa shape index (κ3) is 6.34. The van der Waals surface area contributed by atoms with Crippen LogP contribution in [-0.2, 0) is 18.9 Å². The van der Waals surface area contributed by atoms with Crippen molar-refractivity contribution < 1.29 is 23.7 Å². The number of halogens is 2. The molecule has 1 heterocycles. The molecule has 0 aliphatic carbocycles. The second kappa shape index (κ2) is 11.0. The van der Waals surface area contributed by atoms with Crippen LogP contribution < -0.4 is 10.6 Å². The lowest BCUT2D eigenvalue weighted by Gasteiger charge is -2.21. The Balaban J connectivity index is 1.61. The SMILES string of the molecule is CC(C)C[C@H](NC(=O)CNC(=O)c1cc(Br)ccc1Cl)B1OC(=O)C(c2ccccc2)O1. The van der Waals surface area contributed by atoms with Crippen LogP contribution in [0.2, 0.25) is 5.02 Å². The van der Waals surface area contributed by atoms with Crippen LogP contribution >= 0.6 is 27.5 Å². The molecule has 10 heteroatoms. The molecule has 2 aromatic carbocycles. The van der Waals surface area contributed by atoms with Crippen molar-refractivity contribution in [3.63, 3.8) is 0 Å². The summed E-state index contributed by atoms with van der Waals surface area (Å²) in [5, 5.41) is 5.65. The lowest BCUT2D eigenvalue weighted by Crippen LogP contribution is -2.50. The van der Waals surface area contributed by atoms with E-state index in [0.29, 0.717) is 16.5 Å². The van der Waals surface area contributed by atoms with Crippen molar-refractivity contribution in [3.8, 4) is 0 Å². The first-order chi connectivity index (χ1) is 15.2. The predicted molar refractivity (Wildman–Crippen MR) is 125 cm³/mol. The summed E-state index contributed by atoms with van der Waals surface area (Å²) in [4.78, 5) is 37.3. The van der Waals surface area contributed by atoms with Gasteiger partial charge in [-0.15, -0.1) is 0 Å². The Morgan fingerprint density at radius 1 is 1.19 bits per heavy atom. The number of hydrogen-bond donors (Lipinski definition) is 2. The van der Waals surface area contributed by atoms with E-state index < -0.39 is 36.9 Å². The van der Waals surface area contributed by atoms with Crippen molar-refractivity contribution in [2.45, 2.75) is 32.3 Å². The van der Waals surface area contributed by atoms with Gasteiger partial charge in [0.05, 0.1) is 23.1 Å². The number of carbonyl (C=O) groups is 3. The van der Waals surface area contributed by atoms with Gasteiger partial charge in [0.2, 0.25) is 5.91 Å². The molecule has 1 fully saturated rings. The zero-order chi connectivity index (χ0) is 23.3. The Kier molecular flexibility index (Phi) is 8.34. The first kappa shape index (κ1) is 24.3. The third-order valence-corrected chi connectivity index (χ3v) is 5.62. The zero-order valence-corrected chi connectivity index (χ0v) is 20.0. The summed E-state index contributed by atoms with van der Waals surface area (Å²) in [5.74, 6) is -1.76. The van der Waals surface area contributed by atoms with E-state index in [1.807, 2.05) is 32.0 Å². The molecule has 32 heavy (non-hydrogen) atoms. The average molecular weight is 522 g/mol. The maximum Gasteiger partial charge on any atom is 0.552 e. The van der Waals surface area contributed by atoms with E-state index in [0.717, 1.165) is 0 Å². The minimum Gasteiger partial charge on any atom is -0.506 e. The van der Waals surface area contributed by atoms with Crippen molar-refractivity contribution >= 4 is 52.4 Å². The molecular formula is C22H23BBrClN2O5. The minimum atomic E-state index is -0.922. The highest BCUT2D eigenvalue weighted by Crippen LogP contribution is 2.28. The van der Waals surface area contributed by atoms with Crippen LogP contribution in [0.5, 0.6) is 0 Å². The Labute approximate surface area is 200 Å². The number of rotatable bonds is 8. The molecule has 0 saturated carbocycles. The van der Waals surface area contributed by atoms with Gasteiger partial charge in [-0.3, -0.25) is 14.4 Å². The summed E-state index contributed by atoms with van der Waals surface area (Å²) >= 11 is 9.36. The summed E-state index contributed by atoms with van der Waals surface area (Å²) in [6.07, 6.45) is -0.317. The molecule has 2 N–H and O–H groups in total. The summed E-state index contributed by atoms with van der Waals surface area (Å²) in [6.45, 7) is 3.71. The van der Waals surface area contributed by atoms with Gasteiger partial charge in [0.1, 0.15) is 0 Å². The minimum absolute atomic E-state index is 0.202. The fourth-order valence-corrected chi connectivity index (χ4v) is 3.91.